The maximum atomic E-state index is 5.42. The molecule has 0 amide bonds. The predicted molar refractivity (Wildman–Crippen MR) is 105 cm³/mol. The van der Waals surface area contributed by atoms with Gasteiger partial charge in [-0.1, -0.05) is 56.2 Å². The summed E-state index contributed by atoms with van der Waals surface area (Å²) in [5, 5.41) is 0. The Morgan fingerprint density at radius 2 is 1.75 bits per heavy atom. The maximum absolute atomic E-state index is 5.42. The number of hydrogen-bond donors (Lipinski definition) is 0. The zero-order valence-electron chi connectivity index (χ0n) is 15.9. The van der Waals surface area contributed by atoms with Gasteiger partial charge in [0.25, 0.3) is 0 Å². The molecule has 0 heterocycles. The van der Waals surface area contributed by atoms with Gasteiger partial charge in [-0.3, -0.25) is 0 Å². The van der Waals surface area contributed by atoms with Crippen molar-refractivity contribution in [1.82, 2.24) is 0 Å². The zero-order chi connectivity index (χ0) is 17.7. The highest BCUT2D eigenvalue weighted by atomic mass is 16.5. The summed E-state index contributed by atoms with van der Waals surface area (Å²) in [6.07, 6.45) is 7.51. The van der Waals surface area contributed by atoms with E-state index >= 15 is 0 Å². The monoisotopic (exact) mass is 324 g/mol. The van der Waals surface area contributed by atoms with E-state index in [1.54, 1.807) is 7.11 Å². The van der Waals surface area contributed by atoms with Crippen molar-refractivity contribution < 1.29 is 4.74 Å². The molecule has 1 nitrogen and oxygen atoms in total. The first-order valence-corrected chi connectivity index (χ1v) is 9.12. The Hall–Kier alpha value is -1.76. The molecule has 24 heavy (non-hydrogen) atoms. The third-order valence-electron chi connectivity index (χ3n) is 5.56. The highest BCUT2D eigenvalue weighted by Gasteiger charge is 2.21. The Kier molecular flexibility index (Phi) is 6.48. The molecule has 0 N–H and O–H groups in total. The molecule has 1 fully saturated rings. The van der Waals surface area contributed by atoms with E-state index in [1.165, 1.54) is 65.5 Å². The summed E-state index contributed by atoms with van der Waals surface area (Å²) in [7, 11) is 1.71. The second kappa shape index (κ2) is 8.37. The lowest BCUT2D eigenvalue weighted by Crippen LogP contribution is -2.12. The van der Waals surface area contributed by atoms with Crippen LogP contribution in [0.5, 0.6) is 0 Å². The Labute approximate surface area is 148 Å². The van der Waals surface area contributed by atoms with Gasteiger partial charge in [0.1, 0.15) is 5.76 Å². The maximum Gasteiger partial charge on any atom is 0.114 e. The molecule has 0 aliphatic heterocycles. The van der Waals surface area contributed by atoms with Crippen molar-refractivity contribution in [2.24, 2.45) is 5.92 Å². The first-order valence-electron chi connectivity index (χ1n) is 9.12. The van der Waals surface area contributed by atoms with Gasteiger partial charge in [0, 0.05) is 0 Å². The molecule has 1 heteroatoms. The van der Waals surface area contributed by atoms with E-state index in [1.807, 2.05) is 0 Å². The molecule has 0 spiro atoms. The molecule has 0 radical (unpaired) electrons. The van der Waals surface area contributed by atoms with Crippen LogP contribution in [0, 0.1) is 19.8 Å². The molecule has 1 aromatic carbocycles. The van der Waals surface area contributed by atoms with Crippen LogP contribution in [0.2, 0.25) is 0 Å². The van der Waals surface area contributed by atoms with Crippen molar-refractivity contribution >= 4 is 5.57 Å². The molecule has 1 saturated carbocycles. The normalized spacial score (nSPS) is 16.5. The first-order chi connectivity index (χ1) is 11.4. The van der Waals surface area contributed by atoms with Gasteiger partial charge in [-0.25, -0.2) is 0 Å². The molecule has 0 unspecified atom stereocenters. The molecular weight excluding hydrogens is 292 g/mol. The van der Waals surface area contributed by atoms with Crippen molar-refractivity contribution in [1.29, 1.82) is 0 Å². The fourth-order valence-electron chi connectivity index (χ4n) is 3.66. The number of benzene rings is 1. The third-order valence-corrected chi connectivity index (χ3v) is 5.56. The zero-order valence-corrected chi connectivity index (χ0v) is 15.9. The summed E-state index contributed by atoms with van der Waals surface area (Å²) >= 11 is 0. The summed E-state index contributed by atoms with van der Waals surface area (Å²) in [5.41, 5.74) is 7.80. The van der Waals surface area contributed by atoms with Crippen LogP contribution < -0.4 is 0 Å². The molecule has 1 aliphatic carbocycles. The Bertz CT molecular complexity index is 642. The summed E-state index contributed by atoms with van der Waals surface area (Å²) in [4.78, 5) is 0. The summed E-state index contributed by atoms with van der Waals surface area (Å²) in [5.74, 6) is 1.44. The van der Waals surface area contributed by atoms with Crippen LogP contribution in [0.15, 0.2) is 48.3 Å². The Morgan fingerprint density at radius 3 is 2.33 bits per heavy atom. The molecule has 1 aromatic rings. The molecule has 130 valence electrons. The summed E-state index contributed by atoms with van der Waals surface area (Å²) in [6, 6.07) is 6.65. The van der Waals surface area contributed by atoms with E-state index in [0.29, 0.717) is 5.92 Å². The molecule has 1 aliphatic rings. The van der Waals surface area contributed by atoms with Gasteiger partial charge < -0.3 is 4.74 Å². The van der Waals surface area contributed by atoms with E-state index in [4.69, 9.17) is 4.74 Å². The van der Waals surface area contributed by atoms with Crippen LogP contribution in [-0.4, -0.2) is 7.11 Å². The second-order valence-corrected chi connectivity index (χ2v) is 7.19. The molecular formula is C23H32O. The Balaban J connectivity index is 2.28. The molecule has 0 saturated heterocycles. The SMILES string of the molecule is C=C(OC)/C(C)=C(/CC(=C)c1ccc(C)c(C)c1)C1CCCCC1. The standard InChI is InChI=1S/C23H32O/c1-16-12-13-22(14-17(16)2)18(3)15-23(19(4)20(5)24-6)21-10-8-7-9-11-21/h12-14,21H,3,5,7-11,15H2,1-2,4,6H3/b23-19-. The lowest BCUT2D eigenvalue weighted by atomic mass is 9.78. The quantitative estimate of drug-likeness (QED) is 0.415. The van der Waals surface area contributed by atoms with Crippen LogP contribution in [0.3, 0.4) is 0 Å². The van der Waals surface area contributed by atoms with Crippen molar-refractivity contribution in [2.45, 2.75) is 59.3 Å². The van der Waals surface area contributed by atoms with Crippen molar-refractivity contribution in [2.75, 3.05) is 7.11 Å². The number of hydrogen-bond acceptors (Lipinski definition) is 1. The van der Waals surface area contributed by atoms with Crippen LogP contribution in [0.1, 0.15) is 62.1 Å². The molecule has 0 bridgehead atoms. The third kappa shape index (κ3) is 4.41. The van der Waals surface area contributed by atoms with Gasteiger partial charge in [0.05, 0.1) is 7.11 Å². The number of rotatable bonds is 6. The van der Waals surface area contributed by atoms with E-state index in [9.17, 15) is 0 Å². The lowest BCUT2D eigenvalue weighted by Gasteiger charge is -2.27. The Morgan fingerprint density at radius 1 is 1.08 bits per heavy atom. The highest BCUT2D eigenvalue weighted by Crippen LogP contribution is 2.37. The minimum atomic E-state index is 0.647. The van der Waals surface area contributed by atoms with E-state index in [2.05, 4.69) is 52.1 Å². The van der Waals surface area contributed by atoms with Gasteiger partial charge in [-0.2, -0.15) is 0 Å². The van der Waals surface area contributed by atoms with Gasteiger partial charge >= 0.3 is 0 Å². The van der Waals surface area contributed by atoms with Gasteiger partial charge in [-0.05, 0) is 73.8 Å². The average Bonchev–Trinajstić information content (AvgIpc) is 2.61. The van der Waals surface area contributed by atoms with Crippen LogP contribution >= 0.6 is 0 Å². The van der Waals surface area contributed by atoms with Crippen molar-refractivity contribution in [3.8, 4) is 0 Å². The van der Waals surface area contributed by atoms with Gasteiger partial charge in [-0.15, -0.1) is 0 Å². The van der Waals surface area contributed by atoms with E-state index in [-0.39, 0.29) is 0 Å². The second-order valence-electron chi connectivity index (χ2n) is 7.19. The predicted octanol–water partition coefficient (Wildman–Crippen LogP) is 6.76. The molecule has 0 aromatic heterocycles. The van der Waals surface area contributed by atoms with Crippen molar-refractivity contribution in [3.05, 3.63) is 65.0 Å². The first kappa shape index (κ1) is 18.6. The summed E-state index contributed by atoms with van der Waals surface area (Å²) in [6.45, 7) is 15.0. The van der Waals surface area contributed by atoms with Gasteiger partial charge in [0.2, 0.25) is 0 Å². The number of allylic oxidation sites excluding steroid dienone is 3. The smallest absolute Gasteiger partial charge is 0.114 e. The fraction of sp³-hybridized carbons (Fsp3) is 0.478. The molecule has 2 rings (SSSR count). The lowest BCUT2D eigenvalue weighted by molar-refractivity contribution is 0.299. The largest absolute Gasteiger partial charge is 0.497 e. The average molecular weight is 325 g/mol. The number of aryl methyl sites for hydroxylation is 2. The van der Waals surface area contributed by atoms with Crippen molar-refractivity contribution in [3.63, 3.8) is 0 Å². The van der Waals surface area contributed by atoms with Crippen LogP contribution in [0.4, 0.5) is 0 Å². The number of methoxy groups -OCH3 is 1. The minimum Gasteiger partial charge on any atom is -0.497 e. The minimum absolute atomic E-state index is 0.647. The van der Waals surface area contributed by atoms with E-state index in [0.717, 1.165) is 12.2 Å². The molecule has 0 atom stereocenters. The topological polar surface area (TPSA) is 9.23 Å². The van der Waals surface area contributed by atoms with Crippen LogP contribution in [0.25, 0.3) is 5.57 Å². The van der Waals surface area contributed by atoms with Crippen LogP contribution in [-0.2, 0) is 4.74 Å². The fourth-order valence-corrected chi connectivity index (χ4v) is 3.66. The highest BCUT2D eigenvalue weighted by molar-refractivity contribution is 5.67. The van der Waals surface area contributed by atoms with Gasteiger partial charge in [0.15, 0.2) is 0 Å². The number of ether oxygens (including phenoxy) is 1. The summed E-state index contributed by atoms with van der Waals surface area (Å²) < 4.78 is 5.42. The van der Waals surface area contributed by atoms with E-state index < -0.39 is 0 Å².